The molecular formula is C21H24Cl2O4S. The lowest BCUT2D eigenvalue weighted by Gasteiger charge is -2.22. The summed E-state index contributed by atoms with van der Waals surface area (Å²) < 4.78 is 5.97. The molecule has 1 fully saturated rings. The number of carboxylic acid groups (broad SMARTS) is 1. The lowest BCUT2D eigenvalue weighted by molar-refractivity contribution is 0.0702. The van der Waals surface area contributed by atoms with E-state index in [9.17, 15) is 9.90 Å². The number of aryl methyl sites for hydroxylation is 1. The van der Waals surface area contributed by atoms with E-state index < -0.39 is 5.97 Å². The van der Waals surface area contributed by atoms with Gasteiger partial charge in [0.15, 0.2) is 0 Å². The minimum Gasteiger partial charge on any atom is -0.493 e. The second-order valence-corrected chi connectivity index (χ2v) is 9.41. The molecule has 0 bridgehead atoms. The maximum absolute atomic E-state index is 11.0. The highest BCUT2D eigenvalue weighted by atomic mass is 35.5. The van der Waals surface area contributed by atoms with E-state index in [0.29, 0.717) is 34.1 Å². The highest BCUT2D eigenvalue weighted by Gasteiger charge is 2.34. The Morgan fingerprint density at radius 2 is 2.07 bits per heavy atom. The maximum atomic E-state index is 11.0. The molecule has 7 heteroatoms. The number of benzene rings is 1. The van der Waals surface area contributed by atoms with Gasteiger partial charge in [-0.25, -0.2) is 4.79 Å². The van der Waals surface area contributed by atoms with Crippen LogP contribution in [0, 0.1) is 11.8 Å². The number of halogens is 2. The molecule has 1 aliphatic carbocycles. The van der Waals surface area contributed by atoms with Crippen molar-refractivity contribution in [2.24, 2.45) is 11.8 Å². The number of alkyl halides is 1. The van der Waals surface area contributed by atoms with E-state index in [0.717, 1.165) is 42.5 Å². The number of carboxylic acids is 1. The first-order valence-corrected chi connectivity index (χ1v) is 11.1. The number of aromatic carboxylic acids is 1. The van der Waals surface area contributed by atoms with E-state index in [4.69, 9.17) is 33.0 Å². The molecule has 0 spiro atoms. The zero-order valence-electron chi connectivity index (χ0n) is 15.4. The summed E-state index contributed by atoms with van der Waals surface area (Å²) in [6, 6.07) is 8.87. The standard InChI is InChI=1S/C21H24Cl2O4S/c22-15-8-13(11-24)9-16(10-15)27-12-14-4-6-19(23)18(14)3-1-2-17-5-7-20(28-17)21(25)26/h5,7-10,14,18-19,24H,1-4,6,11-12H2,(H,25,26)/t14-,18-,19-/m1/s1. The highest BCUT2D eigenvalue weighted by Crippen LogP contribution is 2.39. The monoisotopic (exact) mass is 442 g/mol. The first kappa shape index (κ1) is 21.4. The summed E-state index contributed by atoms with van der Waals surface area (Å²) in [7, 11) is 0. The molecule has 3 atom stereocenters. The number of rotatable bonds is 9. The van der Waals surface area contributed by atoms with Crippen molar-refractivity contribution in [3.63, 3.8) is 0 Å². The van der Waals surface area contributed by atoms with Gasteiger partial charge in [0.05, 0.1) is 13.2 Å². The molecule has 1 saturated carbocycles. The van der Waals surface area contributed by atoms with Crippen LogP contribution >= 0.6 is 34.5 Å². The molecule has 0 unspecified atom stereocenters. The molecule has 1 heterocycles. The van der Waals surface area contributed by atoms with Crippen LogP contribution in [0.4, 0.5) is 0 Å². The Hall–Kier alpha value is -1.27. The first-order valence-electron chi connectivity index (χ1n) is 9.45. The third-order valence-electron chi connectivity index (χ3n) is 5.29. The van der Waals surface area contributed by atoms with Gasteiger partial charge in [0.1, 0.15) is 10.6 Å². The molecule has 4 nitrogen and oxygen atoms in total. The van der Waals surface area contributed by atoms with E-state index in [1.807, 2.05) is 12.1 Å². The summed E-state index contributed by atoms with van der Waals surface area (Å²) in [5.74, 6) is 0.581. The third kappa shape index (κ3) is 5.63. The molecule has 0 saturated heterocycles. The van der Waals surface area contributed by atoms with Crippen LogP contribution < -0.4 is 4.74 Å². The van der Waals surface area contributed by atoms with Gasteiger partial charge < -0.3 is 14.9 Å². The van der Waals surface area contributed by atoms with E-state index in [1.165, 1.54) is 11.3 Å². The molecule has 0 amide bonds. The number of thiophene rings is 1. The van der Waals surface area contributed by atoms with Crippen LogP contribution in [0.1, 0.15) is 45.8 Å². The fourth-order valence-electron chi connectivity index (χ4n) is 3.86. The molecule has 0 aliphatic heterocycles. The van der Waals surface area contributed by atoms with Gasteiger partial charge in [-0.2, -0.15) is 0 Å². The number of aliphatic hydroxyl groups is 1. The molecule has 28 heavy (non-hydrogen) atoms. The largest absolute Gasteiger partial charge is 0.493 e. The molecule has 1 aliphatic rings. The SMILES string of the molecule is O=C(O)c1ccc(CCC[C@@H]2[C@@H](COc3cc(Cl)cc(CO)c3)CC[C@H]2Cl)s1. The quantitative estimate of drug-likeness (QED) is 0.493. The molecular weight excluding hydrogens is 419 g/mol. The molecule has 2 aromatic rings. The number of ether oxygens (including phenoxy) is 1. The lowest BCUT2D eigenvalue weighted by Crippen LogP contribution is -2.21. The summed E-state index contributed by atoms with van der Waals surface area (Å²) in [4.78, 5) is 12.5. The molecule has 2 N–H and O–H groups in total. The number of carbonyl (C=O) groups is 1. The Morgan fingerprint density at radius 3 is 2.79 bits per heavy atom. The lowest BCUT2D eigenvalue weighted by atomic mass is 9.91. The fraction of sp³-hybridized carbons (Fsp3) is 0.476. The topological polar surface area (TPSA) is 66.8 Å². The second kappa shape index (κ2) is 9.97. The van der Waals surface area contributed by atoms with Gasteiger partial charge in [-0.15, -0.1) is 22.9 Å². The van der Waals surface area contributed by atoms with Crippen LogP contribution in [-0.2, 0) is 13.0 Å². The molecule has 1 aromatic heterocycles. The molecule has 152 valence electrons. The Kier molecular flexibility index (Phi) is 7.63. The normalized spacial score (nSPS) is 21.8. The van der Waals surface area contributed by atoms with Crippen molar-refractivity contribution >= 4 is 40.5 Å². The average Bonchev–Trinajstić information content (AvgIpc) is 3.27. The maximum Gasteiger partial charge on any atom is 0.345 e. The van der Waals surface area contributed by atoms with Crippen molar-refractivity contribution in [1.29, 1.82) is 0 Å². The Labute approximate surface area is 179 Å². The van der Waals surface area contributed by atoms with Crippen molar-refractivity contribution in [3.8, 4) is 5.75 Å². The van der Waals surface area contributed by atoms with Crippen LogP contribution in [0.3, 0.4) is 0 Å². The van der Waals surface area contributed by atoms with Crippen LogP contribution in [0.25, 0.3) is 0 Å². The number of hydrogen-bond donors (Lipinski definition) is 2. The Bertz CT molecular complexity index is 807. The van der Waals surface area contributed by atoms with E-state index in [-0.39, 0.29) is 12.0 Å². The molecule has 0 radical (unpaired) electrons. The zero-order valence-corrected chi connectivity index (χ0v) is 17.8. The number of hydrogen-bond acceptors (Lipinski definition) is 4. The van der Waals surface area contributed by atoms with Crippen LogP contribution in [-0.4, -0.2) is 28.2 Å². The van der Waals surface area contributed by atoms with Gasteiger partial charge in [0, 0.05) is 15.3 Å². The van der Waals surface area contributed by atoms with Crippen molar-refractivity contribution < 1.29 is 19.7 Å². The smallest absolute Gasteiger partial charge is 0.345 e. The van der Waals surface area contributed by atoms with Gasteiger partial charge >= 0.3 is 5.97 Å². The summed E-state index contributed by atoms with van der Waals surface area (Å²) in [6.45, 7) is 0.514. The zero-order chi connectivity index (χ0) is 20.1. The molecule has 1 aromatic carbocycles. The van der Waals surface area contributed by atoms with E-state index >= 15 is 0 Å². The van der Waals surface area contributed by atoms with Crippen molar-refractivity contribution in [3.05, 3.63) is 50.7 Å². The van der Waals surface area contributed by atoms with Crippen molar-refractivity contribution in [2.45, 2.75) is 44.1 Å². The summed E-state index contributed by atoms with van der Waals surface area (Å²) in [5.41, 5.74) is 0.734. The van der Waals surface area contributed by atoms with E-state index in [1.54, 1.807) is 18.2 Å². The molecule has 3 rings (SSSR count). The van der Waals surface area contributed by atoms with Crippen molar-refractivity contribution in [1.82, 2.24) is 0 Å². The van der Waals surface area contributed by atoms with Crippen LogP contribution in [0.15, 0.2) is 30.3 Å². The predicted molar refractivity (Wildman–Crippen MR) is 113 cm³/mol. The van der Waals surface area contributed by atoms with Gasteiger partial charge in [-0.3, -0.25) is 0 Å². The van der Waals surface area contributed by atoms with Gasteiger partial charge in [-0.1, -0.05) is 11.6 Å². The minimum absolute atomic E-state index is 0.0704. The summed E-state index contributed by atoms with van der Waals surface area (Å²) in [6.07, 6.45) is 4.88. The van der Waals surface area contributed by atoms with Crippen molar-refractivity contribution in [2.75, 3.05) is 6.61 Å². The Morgan fingerprint density at radius 1 is 1.25 bits per heavy atom. The second-order valence-electron chi connectivity index (χ2n) is 7.24. The average molecular weight is 443 g/mol. The van der Waals surface area contributed by atoms with Crippen LogP contribution in [0.5, 0.6) is 5.75 Å². The predicted octanol–water partition coefficient (Wildman–Crippen LogP) is 5.63. The van der Waals surface area contributed by atoms with Gasteiger partial charge in [-0.05, 0) is 79.8 Å². The number of aliphatic hydroxyl groups excluding tert-OH is 1. The fourth-order valence-corrected chi connectivity index (χ4v) is 5.45. The summed E-state index contributed by atoms with van der Waals surface area (Å²) >= 11 is 14.0. The van der Waals surface area contributed by atoms with Gasteiger partial charge in [0.25, 0.3) is 0 Å². The summed E-state index contributed by atoms with van der Waals surface area (Å²) in [5, 5.41) is 19.0. The van der Waals surface area contributed by atoms with Gasteiger partial charge in [0.2, 0.25) is 0 Å². The first-order chi connectivity index (χ1) is 13.5. The third-order valence-corrected chi connectivity index (χ3v) is 7.19. The van der Waals surface area contributed by atoms with E-state index in [2.05, 4.69) is 0 Å². The minimum atomic E-state index is -0.865. The Balaban J connectivity index is 1.52. The van der Waals surface area contributed by atoms with Crippen LogP contribution in [0.2, 0.25) is 5.02 Å². The highest BCUT2D eigenvalue weighted by molar-refractivity contribution is 7.13.